The molecular weight excluding hydrogens is 584 g/mol. The number of hydrogen-bond donors (Lipinski definition) is 3. The van der Waals surface area contributed by atoms with E-state index in [2.05, 4.69) is 26.6 Å². The van der Waals surface area contributed by atoms with Crippen LogP contribution < -0.4 is 16.4 Å². The minimum absolute atomic E-state index is 0.199. The van der Waals surface area contributed by atoms with Crippen molar-refractivity contribution in [1.29, 1.82) is 0 Å². The van der Waals surface area contributed by atoms with E-state index in [0.29, 0.717) is 22.1 Å². The van der Waals surface area contributed by atoms with E-state index in [0.717, 1.165) is 15.6 Å². The molecule has 1 fully saturated rings. The SMILES string of the molecule is Cc1cc(N)ccc1NC(=O)c1cc(NC(=O)C2C(c3cc(Cl)cc(Br)c3)C2(Cl)Cl)ccc1Cl. The number of carbonyl (C=O) groups is 2. The molecule has 2 amide bonds. The Morgan fingerprint density at radius 2 is 1.74 bits per heavy atom. The van der Waals surface area contributed by atoms with Crippen LogP contribution in [0.2, 0.25) is 10.0 Å². The second kappa shape index (κ2) is 9.59. The molecule has 0 aliphatic heterocycles. The Morgan fingerprint density at radius 3 is 2.41 bits per heavy atom. The fourth-order valence-corrected chi connectivity index (χ4v) is 5.75. The summed E-state index contributed by atoms with van der Waals surface area (Å²) in [4.78, 5) is 25.9. The van der Waals surface area contributed by atoms with Gasteiger partial charge in [0.1, 0.15) is 4.33 Å². The number of amides is 2. The van der Waals surface area contributed by atoms with Crippen LogP contribution in [-0.4, -0.2) is 16.1 Å². The molecule has 1 aliphatic rings. The predicted octanol–water partition coefficient (Wildman–Crippen LogP) is 7.42. The third-order valence-corrected chi connectivity index (χ3v) is 7.50. The lowest BCUT2D eigenvalue weighted by Gasteiger charge is -2.12. The van der Waals surface area contributed by atoms with Gasteiger partial charge in [0.25, 0.3) is 5.91 Å². The van der Waals surface area contributed by atoms with Gasteiger partial charge in [-0.1, -0.05) is 39.1 Å². The number of nitrogens with two attached hydrogens (primary N) is 1. The average molecular weight is 602 g/mol. The van der Waals surface area contributed by atoms with Gasteiger partial charge in [0.15, 0.2) is 0 Å². The van der Waals surface area contributed by atoms with Crippen LogP contribution >= 0.6 is 62.3 Å². The van der Waals surface area contributed by atoms with Gasteiger partial charge < -0.3 is 16.4 Å². The van der Waals surface area contributed by atoms with Crippen LogP contribution in [-0.2, 0) is 4.79 Å². The second-order valence-electron chi connectivity index (χ2n) is 8.05. The maximum absolute atomic E-state index is 13.0. The van der Waals surface area contributed by atoms with E-state index in [1.165, 1.54) is 12.1 Å². The van der Waals surface area contributed by atoms with Gasteiger partial charge in [-0.15, -0.1) is 23.2 Å². The third-order valence-electron chi connectivity index (χ3n) is 5.56. The molecule has 2 unspecified atom stereocenters. The number of nitrogens with one attached hydrogen (secondary N) is 2. The number of carbonyl (C=O) groups excluding carboxylic acids is 2. The highest BCUT2D eigenvalue weighted by Crippen LogP contribution is 2.65. The van der Waals surface area contributed by atoms with E-state index in [1.807, 2.05) is 13.0 Å². The molecule has 0 saturated heterocycles. The Morgan fingerprint density at radius 1 is 1.00 bits per heavy atom. The monoisotopic (exact) mass is 599 g/mol. The number of alkyl halides is 2. The van der Waals surface area contributed by atoms with Crippen molar-refractivity contribution in [3.05, 3.63) is 85.8 Å². The average Bonchev–Trinajstić information content (AvgIpc) is 3.33. The fraction of sp³-hybridized carbons (Fsp3) is 0.167. The van der Waals surface area contributed by atoms with Crippen molar-refractivity contribution in [2.75, 3.05) is 16.4 Å². The molecule has 0 spiro atoms. The van der Waals surface area contributed by atoms with Crippen LogP contribution in [0.25, 0.3) is 0 Å². The summed E-state index contributed by atoms with van der Waals surface area (Å²) >= 11 is 28.7. The van der Waals surface area contributed by atoms with Crippen molar-refractivity contribution in [1.82, 2.24) is 0 Å². The zero-order chi connectivity index (χ0) is 24.8. The summed E-state index contributed by atoms with van der Waals surface area (Å²) in [5.74, 6) is -1.94. The smallest absolute Gasteiger partial charge is 0.257 e. The largest absolute Gasteiger partial charge is 0.399 e. The van der Waals surface area contributed by atoms with E-state index in [4.69, 9.17) is 52.1 Å². The Kier molecular flexibility index (Phi) is 7.09. The quantitative estimate of drug-likeness (QED) is 0.210. The van der Waals surface area contributed by atoms with Crippen LogP contribution in [0.5, 0.6) is 0 Å². The number of nitrogen functional groups attached to an aromatic ring is 1. The van der Waals surface area contributed by atoms with Gasteiger partial charge in [-0.25, -0.2) is 0 Å². The molecule has 1 saturated carbocycles. The molecule has 0 aromatic heterocycles. The topological polar surface area (TPSA) is 84.2 Å². The Bertz CT molecular complexity index is 1300. The summed E-state index contributed by atoms with van der Waals surface area (Å²) in [7, 11) is 0. The van der Waals surface area contributed by atoms with Crippen molar-refractivity contribution in [3.63, 3.8) is 0 Å². The van der Waals surface area contributed by atoms with E-state index >= 15 is 0 Å². The minimum Gasteiger partial charge on any atom is -0.399 e. The second-order valence-corrected chi connectivity index (χ2v) is 11.2. The molecular formula is C24H18BrCl4N3O2. The van der Waals surface area contributed by atoms with Crippen molar-refractivity contribution in [3.8, 4) is 0 Å². The van der Waals surface area contributed by atoms with Gasteiger partial charge >= 0.3 is 0 Å². The van der Waals surface area contributed by atoms with Gasteiger partial charge in [-0.05, 0) is 72.6 Å². The molecule has 4 rings (SSSR count). The van der Waals surface area contributed by atoms with Crippen LogP contribution in [0.15, 0.2) is 59.1 Å². The Hall–Kier alpha value is -1.96. The number of rotatable bonds is 5. The van der Waals surface area contributed by atoms with E-state index in [9.17, 15) is 9.59 Å². The first-order valence-corrected chi connectivity index (χ1v) is 12.4. The number of anilines is 3. The van der Waals surface area contributed by atoms with Gasteiger partial charge in [0.2, 0.25) is 5.91 Å². The maximum Gasteiger partial charge on any atom is 0.257 e. The molecule has 3 aromatic rings. The molecule has 34 heavy (non-hydrogen) atoms. The molecule has 5 nitrogen and oxygen atoms in total. The van der Waals surface area contributed by atoms with Gasteiger partial charge in [-0.3, -0.25) is 9.59 Å². The number of aryl methyl sites for hydroxylation is 1. The lowest BCUT2D eigenvalue weighted by molar-refractivity contribution is -0.117. The van der Waals surface area contributed by atoms with Crippen molar-refractivity contribution >= 4 is 91.2 Å². The normalized spacial score (nSPS) is 18.3. The summed E-state index contributed by atoms with van der Waals surface area (Å²) in [6.07, 6.45) is 0. The molecule has 0 bridgehead atoms. The summed E-state index contributed by atoms with van der Waals surface area (Å²) < 4.78 is -0.525. The van der Waals surface area contributed by atoms with E-state index < -0.39 is 22.1 Å². The highest BCUT2D eigenvalue weighted by molar-refractivity contribution is 9.10. The van der Waals surface area contributed by atoms with E-state index in [-0.39, 0.29) is 16.5 Å². The van der Waals surface area contributed by atoms with Crippen molar-refractivity contribution in [2.45, 2.75) is 17.2 Å². The summed E-state index contributed by atoms with van der Waals surface area (Å²) in [6, 6.07) is 15.1. The highest BCUT2D eigenvalue weighted by Gasteiger charge is 2.67. The summed E-state index contributed by atoms with van der Waals surface area (Å²) in [5, 5.41) is 6.34. The zero-order valence-corrected chi connectivity index (χ0v) is 22.2. The molecule has 176 valence electrons. The first-order valence-electron chi connectivity index (χ1n) is 10.1. The highest BCUT2D eigenvalue weighted by atomic mass is 79.9. The molecule has 0 radical (unpaired) electrons. The molecule has 4 N–H and O–H groups in total. The van der Waals surface area contributed by atoms with Crippen LogP contribution in [0.1, 0.15) is 27.4 Å². The predicted molar refractivity (Wildman–Crippen MR) is 143 cm³/mol. The lowest BCUT2D eigenvalue weighted by Crippen LogP contribution is -2.18. The lowest BCUT2D eigenvalue weighted by atomic mass is 10.1. The van der Waals surface area contributed by atoms with Gasteiger partial charge in [-0.2, -0.15) is 0 Å². The van der Waals surface area contributed by atoms with Crippen LogP contribution in [0.3, 0.4) is 0 Å². The number of benzene rings is 3. The third kappa shape index (κ3) is 5.16. The number of hydrogen-bond acceptors (Lipinski definition) is 3. The van der Waals surface area contributed by atoms with Crippen LogP contribution in [0, 0.1) is 12.8 Å². The first-order chi connectivity index (χ1) is 16.0. The van der Waals surface area contributed by atoms with Crippen LogP contribution in [0.4, 0.5) is 17.1 Å². The Balaban J connectivity index is 1.52. The standard InChI is InChI=1S/C24H18BrCl4N3O2/c1-11-6-15(30)2-5-19(11)32-22(33)17-10-16(3-4-18(17)27)31-23(34)21-20(24(21,28)29)12-7-13(25)9-14(26)8-12/h2-10,20-21H,30H2,1H3,(H,31,34)(H,32,33). The molecule has 0 heterocycles. The first kappa shape index (κ1) is 25.1. The van der Waals surface area contributed by atoms with Crippen molar-refractivity contribution in [2.24, 2.45) is 5.92 Å². The summed E-state index contributed by atoms with van der Waals surface area (Å²) in [5.41, 5.74) is 9.11. The zero-order valence-electron chi connectivity index (χ0n) is 17.6. The van der Waals surface area contributed by atoms with E-state index in [1.54, 1.807) is 36.4 Å². The van der Waals surface area contributed by atoms with Crippen molar-refractivity contribution < 1.29 is 9.59 Å². The summed E-state index contributed by atoms with van der Waals surface area (Å²) in [6.45, 7) is 1.83. The van der Waals surface area contributed by atoms with Gasteiger partial charge in [0.05, 0.1) is 16.5 Å². The number of halogens is 5. The molecule has 3 aromatic carbocycles. The minimum atomic E-state index is -1.28. The molecule has 10 heteroatoms. The fourth-order valence-electron chi connectivity index (χ4n) is 3.84. The molecule has 2 atom stereocenters. The molecule has 1 aliphatic carbocycles. The Labute approximate surface area is 225 Å². The van der Waals surface area contributed by atoms with Gasteiger partial charge in [0, 0.05) is 32.5 Å². The maximum atomic E-state index is 13.0.